The Labute approximate surface area is 185 Å². The van der Waals surface area contributed by atoms with Crippen LogP contribution >= 0.6 is 0 Å². The van der Waals surface area contributed by atoms with Crippen molar-refractivity contribution in [3.8, 4) is 0 Å². The van der Waals surface area contributed by atoms with Crippen LogP contribution in [0.4, 0.5) is 5.69 Å². The van der Waals surface area contributed by atoms with Crippen molar-refractivity contribution in [2.24, 2.45) is 0 Å². The van der Waals surface area contributed by atoms with Crippen LogP contribution in [0.15, 0.2) is 47.4 Å². The third-order valence-corrected chi connectivity index (χ3v) is 8.08. The number of sulfonamides is 1. The third-order valence-electron chi connectivity index (χ3n) is 6.70. The van der Waals surface area contributed by atoms with Gasteiger partial charge in [0.2, 0.25) is 0 Å². The molecule has 4 rings (SSSR count). The fourth-order valence-corrected chi connectivity index (χ4v) is 5.71. The fourth-order valence-electron chi connectivity index (χ4n) is 4.58. The Balaban J connectivity index is 1.40. The maximum Gasteiger partial charge on any atom is 0.261 e. The fraction of sp³-hybridized carbons (Fsp3) is 0.458. The highest BCUT2D eigenvalue weighted by molar-refractivity contribution is 7.92. The molecule has 0 aromatic heterocycles. The molecular formula is C24H31N3O3S. The molecule has 1 amide bonds. The molecule has 6 nitrogen and oxygen atoms in total. The number of nitrogens with zero attached hydrogens (tertiary/aromatic N) is 2. The molecule has 1 saturated heterocycles. The number of carbonyl (C=O) groups is 1. The first-order valence-electron chi connectivity index (χ1n) is 11.1. The van der Waals surface area contributed by atoms with Crippen molar-refractivity contribution in [3.63, 3.8) is 0 Å². The van der Waals surface area contributed by atoms with Crippen molar-refractivity contribution in [3.05, 3.63) is 59.2 Å². The van der Waals surface area contributed by atoms with Crippen LogP contribution in [0.2, 0.25) is 0 Å². The summed E-state index contributed by atoms with van der Waals surface area (Å²) in [6, 6.07) is 12.5. The highest BCUT2D eigenvalue weighted by Crippen LogP contribution is 2.25. The number of hydrogen-bond acceptors (Lipinski definition) is 4. The Bertz CT molecular complexity index is 1040. The average Bonchev–Trinajstić information content (AvgIpc) is 3.32. The number of benzene rings is 2. The largest absolute Gasteiger partial charge is 0.336 e. The summed E-state index contributed by atoms with van der Waals surface area (Å²) < 4.78 is 28.3. The van der Waals surface area contributed by atoms with Gasteiger partial charge in [0.05, 0.1) is 10.6 Å². The number of nitrogens with one attached hydrogen (secondary N) is 1. The number of anilines is 1. The zero-order chi connectivity index (χ0) is 22.0. The highest BCUT2D eigenvalue weighted by Gasteiger charge is 2.28. The van der Waals surface area contributed by atoms with Gasteiger partial charge in [0.1, 0.15) is 0 Å². The SMILES string of the molecule is Cc1cccc(NS(=O)(=O)c2ccc(C(=O)N3CCN(C4CCCC4)CC3)cc2)c1C. The predicted molar refractivity (Wildman–Crippen MR) is 123 cm³/mol. The van der Waals surface area contributed by atoms with E-state index in [9.17, 15) is 13.2 Å². The van der Waals surface area contributed by atoms with Gasteiger partial charge in [-0.25, -0.2) is 8.42 Å². The molecule has 1 saturated carbocycles. The Morgan fingerprint density at radius 3 is 2.23 bits per heavy atom. The van der Waals surface area contributed by atoms with Crippen LogP contribution < -0.4 is 4.72 Å². The van der Waals surface area contributed by atoms with Gasteiger partial charge in [0, 0.05) is 37.8 Å². The second-order valence-electron chi connectivity index (χ2n) is 8.64. The Kier molecular flexibility index (Phi) is 6.34. The van der Waals surface area contributed by atoms with Crippen molar-refractivity contribution in [1.82, 2.24) is 9.80 Å². The van der Waals surface area contributed by atoms with Gasteiger partial charge in [-0.3, -0.25) is 14.4 Å². The summed E-state index contributed by atoms with van der Waals surface area (Å²) in [6.07, 6.45) is 5.19. The number of piperazine rings is 1. The summed E-state index contributed by atoms with van der Waals surface area (Å²) in [5.41, 5.74) is 3.02. The molecule has 31 heavy (non-hydrogen) atoms. The minimum absolute atomic E-state index is 0.0301. The van der Waals surface area contributed by atoms with E-state index in [0.29, 0.717) is 17.3 Å². The van der Waals surface area contributed by atoms with Crippen molar-refractivity contribution < 1.29 is 13.2 Å². The van der Waals surface area contributed by atoms with E-state index in [1.165, 1.54) is 37.8 Å². The maximum atomic E-state index is 12.9. The van der Waals surface area contributed by atoms with Gasteiger partial charge in [-0.05, 0) is 68.1 Å². The van der Waals surface area contributed by atoms with Crippen LogP contribution in [0.1, 0.15) is 47.2 Å². The Hall–Kier alpha value is -2.38. The lowest BCUT2D eigenvalue weighted by Gasteiger charge is -2.38. The lowest BCUT2D eigenvalue weighted by atomic mass is 10.1. The summed E-state index contributed by atoms with van der Waals surface area (Å²) in [4.78, 5) is 17.5. The maximum absolute atomic E-state index is 12.9. The molecule has 1 heterocycles. The van der Waals surface area contributed by atoms with Gasteiger partial charge in [0.25, 0.3) is 15.9 Å². The Morgan fingerprint density at radius 2 is 1.58 bits per heavy atom. The first kappa shape index (κ1) is 21.8. The number of aryl methyl sites for hydroxylation is 1. The van der Waals surface area contributed by atoms with Crippen molar-refractivity contribution in [2.75, 3.05) is 30.9 Å². The van der Waals surface area contributed by atoms with Gasteiger partial charge < -0.3 is 4.90 Å². The number of carbonyl (C=O) groups excluding carboxylic acids is 1. The van der Waals surface area contributed by atoms with E-state index in [0.717, 1.165) is 37.3 Å². The van der Waals surface area contributed by atoms with Crippen LogP contribution in [-0.2, 0) is 10.0 Å². The second kappa shape index (κ2) is 9.01. The van der Waals surface area contributed by atoms with E-state index in [-0.39, 0.29) is 10.8 Å². The monoisotopic (exact) mass is 441 g/mol. The van der Waals surface area contributed by atoms with Gasteiger partial charge in [-0.2, -0.15) is 0 Å². The van der Waals surface area contributed by atoms with Gasteiger partial charge in [-0.15, -0.1) is 0 Å². The van der Waals surface area contributed by atoms with E-state index < -0.39 is 10.0 Å². The van der Waals surface area contributed by atoms with E-state index in [1.807, 2.05) is 30.9 Å². The van der Waals surface area contributed by atoms with E-state index in [1.54, 1.807) is 18.2 Å². The van der Waals surface area contributed by atoms with Gasteiger partial charge in [0.15, 0.2) is 0 Å². The third kappa shape index (κ3) is 4.77. The van der Waals surface area contributed by atoms with Crippen molar-refractivity contribution in [2.45, 2.75) is 50.5 Å². The summed E-state index contributed by atoms with van der Waals surface area (Å²) in [5, 5.41) is 0. The first-order valence-corrected chi connectivity index (χ1v) is 12.6. The molecule has 0 radical (unpaired) electrons. The van der Waals surface area contributed by atoms with Gasteiger partial charge in [-0.1, -0.05) is 25.0 Å². The Morgan fingerprint density at radius 1 is 0.935 bits per heavy atom. The van der Waals surface area contributed by atoms with Crippen LogP contribution in [0.25, 0.3) is 0 Å². The topological polar surface area (TPSA) is 69.7 Å². The number of amides is 1. The smallest absolute Gasteiger partial charge is 0.261 e. The molecule has 2 aromatic rings. The normalized spacial score (nSPS) is 18.3. The quantitative estimate of drug-likeness (QED) is 0.766. The molecule has 2 aliphatic rings. The zero-order valence-electron chi connectivity index (χ0n) is 18.3. The molecule has 7 heteroatoms. The summed E-state index contributed by atoms with van der Waals surface area (Å²) in [6.45, 7) is 7.13. The highest BCUT2D eigenvalue weighted by atomic mass is 32.2. The molecule has 1 N–H and O–H groups in total. The molecule has 0 unspecified atom stereocenters. The van der Waals surface area contributed by atoms with E-state index in [2.05, 4.69) is 9.62 Å². The number of rotatable bonds is 5. The molecule has 166 valence electrons. The molecule has 2 fully saturated rings. The van der Waals surface area contributed by atoms with Crippen molar-refractivity contribution >= 4 is 21.6 Å². The zero-order valence-corrected chi connectivity index (χ0v) is 19.1. The van der Waals surface area contributed by atoms with Crippen LogP contribution in [0, 0.1) is 13.8 Å². The van der Waals surface area contributed by atoms with Gasteiger partial charge >= 0.3 is 0 Å². The molecule has 2 aromatic carbocycles. The molecular weight excluding hydrogens is 410 g/mol. The minimum Gasteiger partial charge on any atom is -0.336 e. The van der Waals surface area contributed by atoms with Crippen LogP contribution in [-0.4, -0.2) is 56.3 Å². The summed E-state index contributed by atoms with van der Waals surface area (Å²) >= 11 is 0. The molecule has 0 bridgehead atoms. The minimum atomic E-state index is -3.72. The average molecular weight is 442 g/mol. The molecule has 1 aliphatic carbocycles. The van der Waals surface area contributed by atoms with E-state index >= 15 is 0 Å². The second-order valence-corrected chi connectivity index (χ2v) is 10.3. The molecule has 1 aliphatic heterocycles. The summed E-state index contributed by atoms with van der Waals surface area (Å²) in [5.74, 6) is -0.0301. The van der Waals surface area contributed by atoms with E-state index in [4.69, 9.17) is 0 Å². The van der Waals surface area contributed by atoms with Crippen LogP contribution in [0.5, 0.6) is 0 Å². The molecule has 0 spiro atoms. The first-order chi connectivity index (χ1) is 14.8. The van der Waals surface area contributed by atoms with Crippen LogP contribution in [0.3, 0.4) is 0 Å². The number of hydrogen-bond donors (Lipinski definition) is 1. The lowest BCUT2D eigenvalue weighted by Crippen LogP contribution is -2.51. The predicted octanol–water partition coefficient (Wildman–Crippen LogP) is 3.80. The standard InChI is InChI=1S/C24H31N3O3S/c1-18-6-5-9-23(19(18)2)25-31(29,30)22-12-10-20(11-13-22)24(28)27-16-14-26(15-17-27)21-7-3-4-8-21/h5-6,9-13,21,25H,3-4,7-8,14-17H2,1-2H3. The van der Waals surface area contributed by atoms with Crippen molar-refractivity contribution in [1.29, 1.82) is 0 Å². The molecule has 0 atom stereocenters. The summed E-state index contributed by atoms with van der Waals surface area (Å²) in [7, 11) is -3.72. The lowest BCUT2D eigenvalue weighted by molar-refractivity contribution is 0.0573.